The summed E-state index contributed by atoms with van der Waals surface area (Å²) in [5.74, 6) is -1.14. The molecule has 0 atom stereocenters. The molecular weight excluding hydrogens is 404 g/mol. The lowest BCUT2D eigenvalue weighted by molar-refractivity contribution is 0.0992. The zero-order valence-corrected chi connectivity index (χ0v) is 16.0. The molecule has 0 saturated carbocycles. The second-order valence-corrected chi connectivity index (χ2v) is 6.51. The third kappa shape index (κ3) is 3.25. The maximum absolute atomic E-state index is 12.4. The van der Waals surface area contributed by atoms with E-state index < -0.39 is 11.8 Å². The fraction of sp³-hybridized carbons (Fsp3) is 0.267. The molecule has 136 valence electrons. The summed E-state index contributed by atoms with van der Waals surface area (Å²) in [5, 5.41) is 15.2. The van der Waals surface area contributed by atoms with Crippen molar-refractivity contribution in [3.8, 4) is 0 Å². The van der Waals surface area contributed by atoms with Crippen molar-refractivity contribution >= 4 is 33.4 Å². The first-order valence-corrected chi connectivity index (χ1v) is 8.43. The first-order valence-electron chi connectivity index (χ1n) is 7.64. The van der Waals surface area contributed by atoms with E-state index in [-0.39, 0.29) is 17.1 Å². The minimum Gasteiger partial charge on any atom is -0.364 e. The molecule has 0 aliphatic carbocycles. The van der Waals surface area contributed by atoms with E-state index in [2.05, 4.69) is 36.5 Å². The number of hydrogen-bond donors (Lipinski definition) is 2. The number of anilines is 1. The van der Waals surface area contributed by atoms with E-state index in [4.69, 9.17) is 5.73 Å². The highest BCUT2D eigenvalue weighted by Crippen LogP contribution is 2.19. The fourth-order valence-electron chi connectivity index (χ4n) is 2.52. The molecule has 0 spiro atoms. The summed E-state index contributed by atoms with van der Waals surface area (Å²) in [7, 11) is 1.57. The Morgan fingerprint density at radius 1 is 1.31 bits per heavy atom. The molecule has 3 rings (SSSR count). The summed E-state index contributed by atoms with van der Waals surface area (Å²) in [6.45, 7) is 4.21. The predicted octanol–water partition coefficient (Wildman–Crippen LogP) is 1.05. The van der Waals surface area contributed by atoms with Gasteiger partial charge in [-0.1, -0.05) is 0 Å². The largest absolute Gasteiger partial charge is 0.364 e. The van der Waals surface area contributed by atoms with E-state index in [0.29, 0.717) is 6.67 Å². The Labute approximate surface area is 157 Å². The van der Waals surface area contributed by atoms with Crippen LogP contribution in [0.15, 0.2) is 22.9 Å². The Bertz CT molecular complexity index is 1000. The van der Waals surface area contributed by atoms with Gasteiger partial charge in [-0.05, 0) is 35.8 Å². The Balaban J connectivity index is 1.76. The molecule has 0 bridgehead atoms. The molecule has 0 aliphatic rings. The molecule has 3 aromatic rings. The zero-order valence-electron chi connectivity index (χ0n) is 14.4. The molecule has 2 amide bonds. The quantitative estimate of drug-likeness (QED) is 0.637. The molecule has 26 heavy (non-hydrogen) atoms. The highest BCUT2D eigenvalue weighted by Gasteiger charge is 2.18. The number of aryl methyl sites for hydroxylation is 2. The molecular formula is C15H17BrN8O2. The van der Waals surface area contributed by atoms with Gasteiger partial charge in [0.1, 0.15) is 12.4 Å². The standard InChI is InChI=1S/C15H17BrN8O2/c1-8-12(16)9(2)24(20-8)7-23-5-4-10(21-23)15(26)19-11-6-18-22(3)13(11)14(17)25/h4-6H,7H2,1-3H3,(H2,17,25)(H,19,26). The van der Waals surface area contributed by atoms with Gasteiger partial charge in [-0.3, -0.25) is 19.0 Å². The van der Waals surface area contributed by atoms with Gasteiger partial charge in [0.25, 0.3) is 11.8 Å². The number of carbonyl (C=O) groups is 2. The lowest BCUT2D eigenvalue weighted by atomic mass is 10.3. The van der Waals surface area contributed by atoms with Gasteiger partial charge in [0.05, 0.1) is 27.7 Å². The van der Waals surface area contributed by atoms with Crippen LogP contribution in [0.5, 0.6) is 0 Å². The van der Waals surface area contributed by atoms with E-state index in [1.165, 1.54) is 10.9 Å². The molecule has 0 saturated heterocycles. The zero-order chi connectivity index (χ0) is 19.0. The van der Waals surface area contributed by atoms with Gasteiger partial charge in [0.2, 0.25) is 0 Å². The number of carbonyl (C=O) groups excluding carboxylic acids is 2. The van der Waals surface area contributed by atoms with Crippen molar-refractivity contribution in [2.45, 2.75) is 20.5 Å². The van der Waals surface area contributed by atoms with Crippen LogP contribution >= 0.6 is 15.9 Å². The Morgan fingerprint density at radius 2 is 2.04 bits per heavy atom. The SMILES string of the molecule is Cc1nn(Cn2ccc(C(=O)Nc3cnn(C)c3C(N)=O)n2)c(C)c1Br. The van der Waals surface area contributed by atoms with Crippen LogP contribution in [0.25, 0.3) is 0 Å². The van der Waals surface area contributed by atoms with Crippen molar-refractivity contribution < 1.29 is 9.59 Å². The summed E-state index contributed by atoms with van der Waals surface area (Å²) in [6, 6.07) is 1.58. The molecule has 0 aliphatic heterocycles. The number of nitrogens with two attached hydrogens (primary N) is 1. The normalized spacial score (nSPS) is 10.9. The van der Waals surface area contributed by atoms with Crippen molar-refractivity contribution in [2.75, 3.05) is 5.32 Å². The van der Waals surface area contributed by atoms with Crippen LogP contribution in [-0.4, -0.2) is 41.2 Å². The molecule has 11 heteroatoms. The van der Waals surface area contributed by atoms with Crippen LogP contribution in [0.4, 0.5) is 5.69 Å². The van der Waals surface area contributed by atoms with E-state index >= 15 is 0 Å². The second kappa shape index (κ2) is 6.75. The maximum Gasteiger partial charge on any atom is 0.276 e. The van der Waals surface area contributed by atoms with Crippen LogP contribution in [0.1, 0.15) is 32.4 Å². The minimum absolute atomic E-state index is 0.116. The molecule has 10 nitrogen and oxygen atoms in total. The topological polar surface area (TPSA) is 126 Å². The van der Waals surface area contributed by atoms with Gasteiger partial charge in [-0.2, -0.15) is 15.3 Å². The summed E-state index contributed by atoms with van der Waals surface area (Å²) in [4.78, 5) is 23.9. The number of amides is 2. The minimum atomic E-state index is -0.680. The first kappa shape index (κ1) is 17.9. The summed E-state index contributed by atoms with van der Waals surface area (Å²) in [6.07, 6.45) is 3.04. The van der Waals surface area contributed by atoms with Gasteiger partial charge in [-0.25, -0.2) is 4.68 Å². The van der Waals surface area contributed by atoms with Gasteiger partial charge in [0, 0.05) is 13.2 Å². The van der Waals surface area contributed by atoms with Crippen LogP contribution in [-0.2, 0) is 13.7 Å². The Hall–Kier alpha value is -2.95. The van der Waals surface area contributed by atoms with Crippen molar-refractivity contribution in [3.05, 3.63) is 45.7 Å². The van der Waals surface area contributed by atoms with Crippen LogP contribution in [0.3, 0.4) is 0 Å². The molecule has 3 aromatic heterocycles. The summed E-state index contributed by atoms with van der Waals surface area (Å²) >= 11 is 3.48. The second-order valence-electron chi connectivity index (χ2n) is 5.72. The number of hydrogen-bond acceptors (Lipinski definition) is 5. The van der Waals surface area contributed by atoms with Crippen molar-refractivity contribution in [1.82, 2.24) is 29.3 Å². The average Bonchev–Trinajstić information content (AvgIpc) is 3.24. The monoisotopic (exact) mass is 420 g/mol. The third-order valence-corrected chi connectivity index (χ3v) is 5.01. The van der Waals surface area contributed by atoms with Crippen LogP contribution in [0.2, 0.25) is 0 Å². The molecule has 3 N–H and O–H groups in total. The third-order valence-electron chi connectivity index (χ3n) is 3.87. The molecule has 0 aromatic carbocycles. The number of nitrogens with zero attached hydrogens (tertiary/aromatic N) is 6. The molecule has 0 radical (unpaired) electrons. The smallest absolute Gasteiger partial charge is 0.276 e. The molecule has 3 heterocycles. The predicted molar refractivity (Wildman–Crippen MR) is 96.7 cm³/mol. The molecule has 0 fully saturated rings. The van der Waals surface area contributed by atoms with Crippen LogP contribution < -0.4 is 11.1 Å². The number of rotatable bonds is 5. The number of aromatic nitrogens is 6. The van der Waals surface area contributed by atoms with Gasteiger partial charge in [-0.15, -0.1) is 0 Å². The van der Waals surface area contributed by atoms with Crippen molar-refractivity contribution in [2.24, 2.45) is 12.8 Å². The lowest BCUT2D eigenvalue weighted by Crippen LogP contribution is -2.20. The van der Waals surface area contributed by atoms with Gasteiger partial charge in [0.15, 0.2) is 5.69 Å². The number of halogens is 1. The summed E-state index contributed by atoms with van der Waals surface area (Å²) < 4.78 is 5.62. The van der Waals surface area contributed by atoms with E-state index in [9.17, 15) is 9.59 Å². The van der Waals surface area contributed by atoms with Crippen molar-refractivity contribution in [1.29, 1.82) is 0 Å². The lowest BCUT2D eigenvalue weighted by Gasteiger charge is -2.05. The van der Waals surface area contributed by atoms with Crippen molar-refractivity contribution in [3.63, 3.8) is 0 Å². The highest BCUT2D eigenvalue weighted by molar-refractivity contribution is 9.10. The Kier molecular flexibility index (Phi) is 4.64. The van der Waals surface area contributed by atoms with E-state index in [1.807, 2.05) is 13.8 Å². The van der Waals surface area contributed by atoms with Gasteiger partial charge >= 0.3 is 0 Å². The summed E-state index contributed by atoms with van der Waals surface area (Å²) in [5.41, 5.74) is 7.70. The Morgan fingerprint density at radius 3 is 2.65 bits per heavy atom. The average molecular weight is 421 g/mol. The maximum atomic E-state index is 12.4. The highest BCUT2D eigenvalue weighted by atomic mass is 79.9. The van der Waals surface area contributed by atoms with Crippen LogP contribution in [0, 0.1) is 13.8 Å². The van der Waals surface area contributed by atoms with E-state index in [1.54, 1.807) is 28.7 Å². The fourth-order valence-corrected chi connectivity index (χ4v) is 2.80. The molecule has 0 unspecified atom stereocenters. The van der Waals surface area contributed by atoms with Gasteiger partial charge < -0.3 is 11.1 Å². The first-order chi connectivity index (χ1) is 12.3. The van der Waals surface area contributed by atoms with E-state index in [0.717, 1.165) is 15.9 Å². The number of nitrogens with one attached hydrogen (secondary N) is 1. The number of primary amides is 1.